The number of aromatic nitrogens is 3. The summed E-state index contributed by atoms with van der Waals surface area (Å²) >= 11 is 0. The second kappa shape index (κ2) is 5.92. The van der Waals surface area contributed by atoms with Gasteiger partial charge in [0.15, 0.2) is 0 Å². The molecule has 1 saturated heterocycles. The largest absolute Gasteiger partial charge is 0.352 e. The minimum atomic E-state index is -0.393. The first-order valence-corrected chi connectivity index (χ1v) is 7.80. The molecule has 7 heteroatoms. The lowest BCUT2D eigenvalue weighted by atomic mass is 10.1. The molecule has 0 aliphatic carbocycles. The van der Waals surface area contributed by atoms with Gasteiger partial charge in [0.1, 0.15) is 23.6 Å². The Balaban J connectivity index is 1.49. The molecular weight excluding hydrogens is 309 g/mol. The van der Waals surface area contributed by atoms with Gasteiger partial charge in [0.05, 0.1) is 5.39 Å². The first kappa shape index (κ1) is 14.6. The molecule has 24 heavy (non-hydrogen) atoms. The molecule has 122 valence electrons. The minimum Gasteiger partial charge on any atom is -0.352 e. The smallest absolute Gasteiger partial charge is 0.254 e. The van der Waals surface area contributed by atoms with Crippen molar-refractivity contribution in [3.05, 3.63) is 54.2 Å². The molecule has 0 atom stereocenters. The van der Waals surface area contributed by atoms with Gasteiger partial charge in [0, 0.05) is 37.9 Å². The van der Waals surface area contributed by atoms with Crippen molar-refractivity contribution in [2.24, 2.45) is 0 Å². The van der Waals surface area contributed by atoms with Crippen molar-refractivity contribution < 1.29 is 9.18 Å². The third kappa shape index (κ3) is 2.58. The van der Waals surface area contributed by atoms with E-state index in [1.54, 1.807) is 23.4 Å². The summed E-state index contributed by atoms with van der Waals surface area (Å²) in [7, 11) is 0. The molecule has 2 aromatic heterocycles. The van der Waals surface area contributed by atoms with Crippen LogP contribution in [0.5, 0.6) is 0 Å². The molecule has 1 aliphatic rings. The number of fused-ring (bicyclic) bond motifs is 1. The molecule has 3 heterocycles. The molecule has 6 nitrogen and oxygen atoms in total. The summed E-state index contributed by atoms with van der Waals surface area (Å²) in [5, 5.41) is 0.974. The van der Waals surface area contributed by atoms with Crippen LogP contribution in [0.3, 0.4) is 0 Å². The highest BCUT2D eigenvalue weighted by Gasteiger charge is 2.24. The van der Waals surface area contributed by atoms with E-state index in [1.165, 1.54) is 12.1 Å². The second-order valence-electron chi connectivity index (χ2n) is 5.73. The predicted octanol–water partition coefficient (Wildman–Crippen LogP) is 2.06. The molecule has 0 unspecified atom stereocenters. The summed E-state index contributed by atoms with van der Waals surface area (Å²) in [5.74, 6) is 0.345. The predicted molar refractivity (Wildman–Crippen MR) is 88.4 cm³/mol. The zero-order valence-electron chi connectivity index (χ0n) is 12.9. The topological polar surface area (TPSA) is 65.1 Å². The Kier molecular flexibility index (Phi) is 3.60. The number of anilines is 1. The fourth-order valence-electron chi connectivity index (χ4n) is 3.04. The Morgan fingerprint density at radius 1 is 1.12 bits per heavy atom. The Bertz CT molecular complexity index is 885. The number of piperazine rings is 1. The van der Waals surface area contributed by atoms with Gasteiger partial charge in [0.2, 0.25) is 0 Å². The number of nitrogens with one attached hydrogen (secondary N) is 1. The highest BCUT2D eigenvalue weighted by atomic mass is 19.1. The number of benzene rings is 1. The van der Waals surface area contributed by atoms with E-state index in [-0.39, 0.29) is 5.91 Å². The molecule has 1 aromatic carbocycles. The molecule has 1 fully saturated rings. The molecule has 1 aliphatic heterocycles. The molecule has 0 spiro atoms. The third-order valence-electron chi connectivity index (χ3n) is 4.27. The summed E-state index contributed by atoms with van der Waals surface area (Å²) in [5.41, 5.74) is 1.19. The quantitative estimate of drug-likeness (QED) is 0.783. The number of carbonyl (C=O) groups is 1. The Hall–Kier alpha value is -2.96. The number of halogens is 1. The van der Waals surface area contributed by atoms with E-state index in [0.29, 0.717) is 31.7 Å². The Morgan fingerprint density at radius 3 is 2.75 bits per heavy atom. The lowest BCUT2D eigenvalue weighted by molar-refractivity contribution is 0.0746. The summed E-state index contributed by atoms with van der Waals surface area (Å²) in [6, 6.07) is 7.78. The van der Waals surface area contributed by atoms with E-state index >= 15 is 0 Å². The van der Waals surface area contributed by atoms with Crippen molar-refractivity contribution >= 4 is 22.8 Å². The van der Waals surface area contributed by atoms with Crippen LogP contribution in [0.25, 0.3) is 11.0 Å². The number of hydrogen-bond acceptors (Lipinski definition) is 4. The van der Waals surface area contributed by atoms with Crippen LogP contribution in [0.1, 0.15) is 10.4 Å². The Labute approximate surface area is 137 Å². The number of amides is 1. The zero-order chi connectivity index (χ0) is 16.5. The maximum absolute atomic E-state index is 13.3. The maximum Gasteiger partial charge on any atom is 0.254 e. The lowest BCUT2D eigenvalue weighted by Gasteiger charge is -2.35. The highest BCUT2D eigenvalue weighted by molar-refractivity contribution is 5.94. The van der Waals surface area contributed by atoms with Gasteiger partial charge in [-0.25, -0.2) is 14.4 Å². The molecule has 0 radical (unpaired) electrons. The first-order valence-electron chi connectivity index (χ1n) is 7.80. The SMILES string of the molecule is O=C(c1cccc(F)c1)N1CCN(c2ncnc3[nH]ccc23)CC1. The number of aromatic amines is 1. The van der Waals surface area contributed by atoms with Crippen LogP contribution in [-0.2, 0) is 0 Å². The van der Waals surface area contributed by atoms with Gasteiger partial charge in [-0.05, 0) is 24.3 Å². The normalized spacial score (nSPS) is 15.0. The van der Waals surface area contributed by atoms with E-state index < -0.39 is 5.82 Å². The average Bonchev–Trinajstić information content (AvgIpc) is 3.10. The monoisotopic (exact) mass is 325 g/mol. The third-order valence-corrected chi connectivity index (χ3v) is 4.27. The number of H-pyrrole nitrogens is 1. The summed E-state index contributed by atoms with van der Waals surface area (Å²) in [6.07, 6.45) is 3.38. The van der Waals surface area contributed by atoms with Crippen LogP contribution in [0.4, 0.5) is 10.2 Å². The average molecular weight is 325 g/mol. The van der Waals surface area contributed by atoms with Crippen LogP contribution >= 0.6 is 0 Å². The molecule has 4 rings (SSSR count). The van der Waals surface area contributed by atoms with E-state index in [4.69, 9.17) is 0 Å². The van der Waals surface area contributed by atoms with Crippen LogP contribution in [-0.4, -0.2) is 51.9 Å². The molecule has 0 saturated carbocycles. The number of carbonyl (C=O) groups excluding carboxylic acids is 1. The molecule has 0 bridgehead atoms. The van der Waals surface area contributed by atoms with Crippen molar-refractivity contribution in [2.75, 3.05) is 31.1 Å². The molecule has 3 aromatic rings. The fourth-order valence-corrected chi connectivity index (χ4v) is 3.04. The molecule has 1 amide bonds. The lowest BCUT2D eigenvalue weighted by Crippen LogP contribution is -2.49. The van der Waals surface area contributed by atoms with Gasteiger partial charge in [-0.2, -0.15) is 0 Å². The zero-order valence-corrected chi connectivity index (χ0v) is 12.9. The minimum absolute atomic E-state index is 0.136. The summed E-state index contributed by atoms with van der Waals surface area (Å²) < 4.78 is 13.3. The first-order chi connectivity index (χ1) is 11.7. The van der Waals surface area contributed by atoms with Crippen LogP contribution in [0.15, 0.2) is 42.9 Å². The second-order valence-corrected chi connectivity index (χ2v) is 5.73. The maximum atomic E-state index is 13.3. The van der Waals surface area contributed by atoms with Gasteiger partial charge in [0.25, 0.3) is 5.91 Å². The van der Waals surface area contributed by atoms with Gasteiger partial charge < -0.3 is 14.8 Å². The van der Waals surface area contributed by atoms with Crippen LogP contribution < -0.4 is 4.90 Å². The summed E-state index contributed by atoms with van der Waals surface area (Å²) in [6.45, 7) is 2.51. The van der Waals surface area contributed by atoms with Crippen molar-refractivity contribution in [3.63, 3.8) is 0 Å². The van der Waals surface area contributed by atoms with Crippen LogP contribution in [0.2, 0.25) is 0 Å². The van der Waals surface area contributed by atoms with Crippen molar-refractivity contribution in [1.82, 2.24) is 19.9 Å². The standard InChI is InChI=1S/C17H16FN5O/c18-13-3-1-2-12(10-13)17(24)23-8-6-22(7-9-23)16-14-4-5-19-15(14)20-11-21-16/h1-5,10-11H,6-9H2,(H,19,20,21). The van der Waals surface area contributed by atoms with E-state index in [0.717, 1.165) is 16.9 Å². The number of rotatable bonds is 2. The Morgan fingerprint density at radius 2 is 1.96 bits per heavy atom. The van der Waals surface area contributed by atoms with Crippen molar-refractivity contribution in [1.29, 1.82) is 0 Å². The number of hydrogen-bond donors (Lipinski definition) is 1. The van der Waals surface area contributed by atoms with Gasteiger partial charge in [-0.15, -0.1) is 0 Å². The van der Waals surface area contributed by atoms with E-state index in [9.17, 15) is 9.18 Å². The summed E-state index contributed by atoms with van der Waals surface area (Å²) in [4.78, 5) is 28.0. The molecular formula is C17H16FN5O. The van der Waals surface area contributed by atoms with E-state index in [1.807, 2.05) is 12.3 Å². The van der Waals surface area contributed by atoms with Crippen molar-refractivity contribution in [2.45, 2.75) is 0 Å². The highest BCUT2D eigenvalue weighted by Crippen LogP contribution is 2.23. The fraction of sp³-hybridized carbons (Fsp3) is 0.235. The van der Waals surface area contributed by atoms with E-state index in [2.05, 4.69) is 19.9 Å². The van der Waals surface area contributed by atoms with Gasteiger partial charge >= 0.3 is 0 Å². The van der Waals surface area contributed by atoms with Crippen LogP contribution in [0, 0.1) is 5.82 Å². The van der Waals surface area contributed by atoms with Crippen molar-refractivity contribution in [3.8, 4) is 0 Å². The van der Waals surface area contributed by atoms with Gasteiger partial charge in [-0.3, -0.25) is 4.79 Å². The molecule has 1 N–H and O–H groups in total. The number of nitrogens with zero attached hydrogens (tertiary/aromatic N) is 4. The van der Waals surface area contributed by atoms with Gasteiger partial charge in [-0.1, -0.05) is 6.07 Å².